The van der Waals surface area contributed by atoms with Crippen LogP contribution in [0.4, 0.5) is 0 Å². The van der Waals surface area contributed by atoms with Gasteiger partial charge in [-0.25, -0.2) is 4.98 Å². The molecule has 114 valence electrons. The highest BCUT2D eigenvalue weighted by Crippen LogP contribution is 2.32. The smallest absolute Gasteiger partial charge is 0.258 e. The van der Waals surface area contributed by atoms with E-state index < -0.39 is 0 Å². The van der Waals surface area contributed by atoms with Crippen molar-refractivity contribution < 1.29 is 4.52 Å². The van der Waals surface area contributed by atoms with Crippen LogP contribution in [0, 0.1) is 6.92 Å². The summed E-state index contributed by atoms with van der Waals surface area (Å²) >= 11 is 1.48. The van der Waals surface area contributed by atoms with Gasteiger partial charge in [0.15, 0.2) is 4.96 Å². The molecule has 0 N–H and O–H groups in total. The molecule has 0 amide bonds. The summed E-state index contributed by atoms with van der Waals surface area (Å²) in [7, 11) is 0. The van der Waals surface area contributed by atoms with Crippen molar-refractivity contribution >= 4 is 16.3 Å². The van der Waals surface area contributed by atoms with Crippen LogP contribution in [-0.4, -0.2) is 26.0 Å². The van der Waals surface area contributed by atoms with E-state index in [-0.39, 0.29) is 11.6 Å². The number of hydrogen-bond acceptors (Lipinski definition) is 6. The van der Waals surface area contributed by atoms with Crippen LogP contribution >= 0.6 is 11.3 Å². The van der Waals surface area contributed by atoms with Gasteiger partial charge in [-0.2, -0.15) is 0 Å². The molecule has 0 aliphatic carbocycles. The zero-order valence-electron chi connectivity index (χ0n) is 12.2. The van der Waals surface area contributed by atoms with Crippen molar-refractivity contribution in [2.75, 3.05) is 6.54 Å². The van der Waals surface area contributed by atoms with E-state index in [0.29, 0.717) is 6.54 Å². The average molecular weight is 316 g/mol. The van der Waals surface area contributed by atoms with E-state index in [2.05, 4.69) is 15.0 Å². The van der Waals surface area contributed by atoms with E-state index in [1.807, 2.05) is 18.4 Å². The van der Waals surface area contributed by atoms with Gasteiger partial charge in [-0.15, -0.1) is 11.3 Å². The first-order valence-electron chi connectivity index (χ1n) is 7.34. The van der Waals surface area contributed by atoms with Crippen molar-refractivity contribution in [3.05, 3.63) is 51.2 Å². The second kappa shape index (κ2) is 5.33. The Morgan fingerprint density at radius 2 is 2.36 bits per heavy atom. The van der Waals surface area contributed by atoms with Crippen molar-refractivity contribution in [2.24, 2.45) is 0 Å². The minimum Gasteiger partial charge on any atom is -0.361 e. The summed E-state index contributed by atoms with van der Waals surface area (Å²) in [4.78, 5) is 19.7. The molecule has 1 unspecified atom stereocenters. The molecule has 1 saturated heterocycles. The molecule has 0 aromatic carbocycles. The maximum Gasteiger partial charge on any atom is 0.258 e. The maximum atomic E-state index is 12.1. The topological polar surface area (TPSA) is 63.6 Å². The number of likely N-dealkylation sites (tertiary alicyclic amines) is 1. The predicted molar refractivity (Wildman–Crippen MR) is 83.0 cm³/mol. The van der Waals surface area contributed by atoms with Crippen molar-refractivity contribution in [3.8, 4) is 0 Å². The first kappa shape index (κ1) is 13.7. The molecule has 0 bridgehead atoms. The van der Waals surface area contributed by atoms with Crippen LogP contribution in [0.5, 0.6) is 0 Å². The molecule has 3 aromatic rings. The third kappa shape index (κ3) is 2.36. The average Bonchev–Trinajstić information content (AvgIpc) is 3.19. The Morgan fingerprint density at radius 1 is 1.45 bits per heavy atom. The zero-order chi connectivity index (χ0) is 15.1. The first-order chi connectivity index (χ1) is 10.7. The van der Waals surface area contributed by atoms with E-state index in [9.17, 15) is 4.79 Å². The molecule has 1 atom stereocenters. The fourth-order valence-corrected chi connectivity index (χ4v) is 3.81. The number of aryl methyl sites for hydroxylation is 1. The lowest BCUT2D eigenvalue weighted by Crippen LogP contribution is -2.25. The molecule has 1 aliphatic rings. The van der Waals surface area contributed by atoms with Crippen molar-refractivity contribution in [1.82, 2.24) is 19.4 Å². The van der Waals surface area contributed by atoms with E-state index in [1.54, 1.807) is 16.7 Å². The minimum absolute atomic E-state index is 0.0192. The third-order valence-electron chi connectivity index (χ3n) is 4.07. The number of fused-ring (bicyclic) bond motifs is 1. The Balaban J connectivity index is 1.62. The lowest BCUT2D eigenvalue weighted by atomic mass is 10.1. The van der Waals surface area contributed by atoms with Crippen molar-refractivity contribution in [1.29, 1.82) is 0 Å². The lowest BCUT2D eigenvalue weighted by molar-refractivity contribution is 0.234. The fourth-order valence-electron chi connectivity index (χ4n) is 3.07. The van der Waals surface area contributed by atoms with Crippen LogP contribution in [0.1, 0.15) is 36.0 Å². The van der Waals surface area contributed by atoms with Crippen LogP contribution in [0.2, 0.25) is 0 Å². The molecule has 6 nitrogen and oxygen atoms in total. The van der Waals surface area contributed by atoms with Crippen LogP contribution < -0.4 is 5.56 Å². The molecular formula is C15H16N4O2S. The summed E-state index contributed by atoms with van der Waals surface area (Å²) < 4.78 is 6.78. The van der Waals surface area contributed by atoms with Gasteiger partial charge in [0.25, 0.3) is 5.56 Å². The summed E-state index contributed by atoms with van der Waals surface area (Å²) in [5.41, 5.74) is 1.78. The normalized spacial score (nSPS) is 19.2. The van der Waals surface area contributed by atoms with Crippen LogP contribution in [0.25, 0.3) is 4.96 Å². The van der Waals surface area contributed by atoms with Crippen molar-refractivity contribution in [3.63, 3.8) is 0 Å². The Labute approximate surface area is 131 Å². The van der Waals surface area contributed by atoms with Gasteiger partial charge in [-0.3, -0.25) is 14.1 Å². The van der Waals surface area contributed by atoms with Gasteiger partial charge >= 0.3 is 0 Å². The molecule has 4 rings (SSSR count). The molecule has 1 fully saturated rings. The summed E-state index contributed by atoms with van der Waals surface area (Å²) in [6, 6.07) is 3.87. The van der Waals surface area contributed by atoms with Crippen LogP contribution in [0.3, 0.4) is 0 Å². The first-order valence-corrected chi connectivity index (χ1v) is 8.22. The molecule has 0 radical (unpaired) electrons. The quantitative estimate of drug-likeness (QED) is 0.742. The number of nitrogens with zero attached hydrogens (tertiary/aromatic N) is 4. The molecule has 0 spiro atoms. The minimum atomic E-state index is -0.0192. The zero-order valence-corrected chi connectivity index (χ0v) is 13.0. The maximum absolute atomic E-state index is 12.1. The number of thiazole rings is 1. The second-order valence-electron chi connectivity index (χ2n) is 5.63. The summed E-state index contributed by atoms with van der Waals surface area (Å²) in [5, 5.41) is 6.03. The summed E-state index contributed by atoms with van der Waals surface area (Å²) in [5.74, 6) is 0.832. The standard InChI is InChI=1S/C15H16N4O2S/c1-10-7-12(17-21-10)13-3-2-4-18(13)9-11-8-14(20)19-5-6-22-15(19)16-11/h5-8,13H,2-4,9H2,1H3. The van der Waals surface area contributed by atoms with Gasteiger partial charge in [0, 0.05) is 30.3 Å². The van der Waals surface area contributed by atoms with Crippen LogP contribution in [0.15, 0.2) is 33.0 Å². The van der Waals surface area contributed by atoms with Crippen LogP contribution in [-0.2, 0) is 6.54 Å². The summed E-state index contributed by atoms with van der Waals surface area (Å²) in [6.07, 6.45) is 3.94. The van der Waals surface area contributed by atoms with Gasteiger partial charge < -0.3 is 4.52 Å². The van der Waals surface area contributed by atoms with Gasteiger partial charge in [-0.1, -0.05) is 5.16 Å². The van der Waals surface area contributed by atoms with Gasteiger partial charge in [0.2, 0.25) is 0 Å². The molecule has 7 heteroatoms. The monoisotopic (exact) mass is 316 g/mol. The van der Waals surface area contributed by atoms with Gasteiger partial charge in [0.1, 0.15) is 11.5 Å². The van der Waals surface area contributed by atoms with E-state index in [1.165, 1.54) is 11.3 Å². The second-order valence-corrected chi connectivity index (χ2v) is 6.51. The number of rotatable bonds is 3. The van der Waals surface area contributed by atoms with E-state index in [4.69, 9.17) is 4.52 Å². The summed E-state index contributed by atoms with van der Waals surface area (Å²) in [6.45, 7) is 3.56. The Bertz CT molecular complexity index is 866. The lowest BCUT2D eigenvalue weighted by Gasteiger charge is -2.21. The molecule has 3 aromatic heterocycles. The largest absolute Gasteiger partial charge is 0.361 e. The Hall–Kier alpha value is -1.99. The molecule has 4 heterocycles. The molecule has 1 aliphatic heterocycles. The van der Waals surface area contributed by atoms with Gasteiger partial charge in [-0.05, 0) is 26.3 Å². The Morgan fingerprint density at radius 3 is 3.18 bits per heavy atom. The molecular weight excluding hydrogens is 300 g/mol. The van der Waals surface area contributed by atoms with E-state index in [0.717, 1.165) is 41.5 Å². The third-order valence-corrected chi connectivity index (χ3v) is 4.83. The molecule has 22 heavy (non-hydrogen) atoms. The Kier molecular flexibility index (Phi) is 3.31. The molecule has 0 saturated carbocycles. The van der Waals surface area contributed by atoms with Crippen molar-refractivity contribution in [2.45, 2.75) is 32.4 Å². The highest BCUT2D eigenvalue weighted by Gasteiger charge is 2.28. The van der Waals surface area contributed by atoms with Gasteiger partial charge in [0.05, 0.1) is 11.7 Å². The highest BCUT2D eigenvalue weighted by atomic mass is 32.1. The fraction of sp³-hybridized carbons (Fsp3) is 0.400. The number of hydrogen-bond donors (Lipinski definition) is 0. The SMILES string of the molecule is Cc1cc(C2CCCN2Cc2cc(=O)n3ccsc3n2)no1. The number of aromatic nitrogens is 3. The van der Waals surface area contributed by atoms with E-state index >= 15 is 0 Å². The highest BCUT2D eigenvalue weighted by molar-refractivity contribution is 7.15. The predicted octanol–water partition coefficient (Wildman–Crippen LogP) is 2.39.